The Balaban J connectivity index is 1.44. The summed E-state index contributed by atoms with van der Waals surface area (Å²) in [6.07, 6.45) is 5.50. The average molecular weight is 497 g/mol. The number of carbonyl (C=O) groups excluding carboxylic acids is 1. The van der Waals surface area contributed by atoms with Crippen molar-refractivity contribution in [3.63, 3.8) is 0 Å². The Morgan fingerprint density at radius 3 is 3.00 bits per heavy atom. The van der Waals surface area contributed by atoms with Gasteiger partial charge in [0.15, 0.2) is 0 Å². The first-order valence-electron chi connectivity index (χ1n) is 11.5. The highest BCUT2D eigenvalue weighted by Crippen LogP contribution is 2.42. The van der Waals surface area contributed by atoms with Crippen LogP contribution in [-0.2, 0) is 22.4 Å². The number of H-pyrrole nitrogens is 1. The lowest BCUT2D eigenvalue weighted by Crippen LogP contribution is -2.41. The number of amides is 1. The van der Waals surface area contributed by atoms with Gasteiger partial charge in [-0.05, 0) is 30.9 Å². The second-order valence-corrected chi connectivity index (χ2v) is 9.61. The summed E-state index contributed by atoms with van der Waals surface area (Å²) in [5.74, 6) is 1.36. The summed E-state index contributed by atoms with van der Waals surface area (Å²) in [7, 11) is 3.25. The number of thiophene rings is 1. The number of fused-ring (bicyclic) bond motifs is 4. The number of methoxy groups -OCH3 is 2. The van der Waals surface area contributed by atoms with Crippen molar-refractivity contribution in [2.24, 2.45) is 5.92 Å². The standard InChI is InChI=1S/C24H28N6O4S/c1-33-8-6-30(5-7-31)24(32)14-3-4-16-20(10-14)35-23-21(16)22(25-13-26-23)28-18-9-15-12-27-29-17(15)11-19(18)34-2/h9,11-14,31H,3-8,10H2,1-2H3,(H,27,29)(H,25,26,28)/t14-/m0/s1. The van der Waals surface area contributed by atoms with Crippen LogP contribution in [0.3, 0.4) is 0 Å². The van der Waals surface area contributed by atoms with Crippen LogP contribution in [0, 0.1) is 5.92 Å². The van der Waals surface area contributed by atoms with E-state index in [1.165, 1.54) is 10.4 Å². The lowest BCUT2D eigenvalue weighted by Gasteiger charge is -2.29. The first kappa shape index (κ1) is 23.5. The van der Waals surface area contributed by atoms with Crippen LogP contribution in [-0.4, -0.2) is 76.6 Å². The molecule has 1 amide bonds. The van der Waals surface area contributed by atoms with E-state index in [2.05, 4.69) is 25.5 Å². The Kier molecular flexibility index (Phi) is 6.80. The van der Waals surface area contributed by atoms with Gasteiger partial charge in [-0.15, -0.1) is 11.3 Å². The van der Waals surface area contributed by atoms with Gasteiger partial charge in [-0.1, -0.05) is 0 Å². The molecule has 0 saturated heterocycles. The van der Waals surface area contributed by atoms with Crippen LogP contribution in [0.1, 0.15) is 16.9 Å². The van der Waals surface area contributed by atoms with Crippen LogP contribution in [0.25, 0.3) is 21.1 Å². The van der Waals surface area contributed by atoms with E-state index in [0.717, 1.165) is 45.5 Å². The van der Waals surface area contributed by atoms with E-state index >= 15 is 0 Å². The Hall–Kier alpha value is -3.28. The minimum absolute atomic E-state index is 0.0605. The van der Waals surface area contributed by atoms with Gasteiger partial charge in [0.1, 0.15) is 22.7 Å². The molecule has 0 saturated carbocycles. The SMILES string of the molecule is COCCN(CCO)C(=O)[C@H]1CCc2c(sc3ncnc(Nc4cc5cn[nH]c5cc4OC)c23)C1. The lowest BCUT2D eigenvalue weighted by atomic mass is 9.87. The van der Waals surface area contributed by atoms with E-state index in [1.807, 2.05) is 12.1 Å². The van der Waals surface area contributed by atoms with E-state index < -0.39 is 0 Å². The molecule has 0 unspecified atom stereocenters. The van der Waals surface area contributed by atoms with E-state index in [4.69, 9.17) is 9.47 Å². The van der Waals surface area contributed by atoms with Gasteiger partial charge >= 0.3 is 0 Å². The molecule has 1 atom stereocenters. The van der Waals surface area contributed by atoms with Crippen molar-refractivity contribution in [1.29, 1.82) is 0 Å². The quantitative estimate of drug-likeness (QED) is 0.323. The molecule has 3 heterocycles. The summed E-state index contributed by atoms with van der Waals surface area (Å²) in [6, 6.07) is 3.89. The molecule has 3 aromatic heterocycles. The Bertz CT molecular complexity index is 1350. The largest absolute Gasteiger partial charge is 0.494 e. The number of hydrogen-bond acceptors (Lipinski definition) is 9. The normalized spacial score (nSPS) is 15.3. The molecule has 1 aromatic carbocycles. The van der Waals surface area contributed by atoms with E-state index in [1.54, 1.807) is 43.0 Å². The monoisotopic (exact) mass is 496 g/mol. The van der Waals surface area contributed by atoms with Crippen molar-refractivity contribution in [1.82, 2.24) is 25.1 Å². The zero-order valence-electron chi connectivity index (χ0n) is 19.7. The highest BCUT2D eigenvalue weighted by molar-refractivity contribution is 7.19. The molecule has 0 bridgehead atoms. The highest BCUT2D eigenvalue weighted by Gasteiger charge is 2.31. The molecule has 10 nitrogen and oxygen atoms in total. The third-order valence-electron chi connectivity index (χ3n) is 6.45. The first-order chi connectivity index (χ1) is 17.1. The topological polar surface area (TPSA) is 125 Å². The second kappa shape index (κ2) is 10.1. The molecule has 1 aliphatic carbocycles. The molecule has 5 rings (SSSR count). The van der Waals surface area contributed by atoms with Crippen molar-refractivity contribution >= 4 is 49.9 Å². The maximum Gasteiger partial charge on any atom is 0.226 e. The van der Waals surface area contributed by atoms with Crippen LogP contribution in [0.2, 0.25) is 0 Å². The van der Waals surface area contributed by atoms with Crippen LogP contribution >= 0.6 is 11.3 Å². The molecular formula is C24H28N6O4S. The smallest absolute Gasteiger partial charge is 0.226 e. The van der Waals surface area contributed by atoms with Crippen LogP contribution < -0.4 is 10.1 Å². The zero-order valence-corrected chi connectivity index (χ0v) is 20.5. The number of benzene rings is 1. The molecule has 3 N–H and O–H groups in total. The molecule has 0 fully saturated rings. The van der Waals surface area contributed by atoms with Gasteiger partial charge in [0.05, 0.1) is 43.1 Å². The number of nitrogens with zero attached hydrogens (tertiary/aromatic N) is 4. The second-order valence-electron chi connectivity index (χ2n) is 8.52. The van der Waals surface area contributed by atoms with Crippen molar-refractivity contribution in [3.8, 4) is 5.75 Å². The molecule has 35 heavy (non-hydrogen) atoms. The van der Waals surface area contributed by atoms with E-state index in [9.17, 15) is 9.90 Å². The number of rotatable bonds is 9. The number of ether oxygens (including phenoxy) is 2. The number of aliphatic hydroxyl groups is 1. The molecular weight excluding hydrogens is 468 g/mol. The molecule has 11 heteroatoms. The van der Waals surface area contributed by atoms with Crippen LogP contribution in [0.15, 0.2) is 24.7 Å². The minimum atomic E-state index is -0.119. The van der Waals surface area contributed by atoms with Gasteiger partial charge in [0.25, 0.3) is 0 Å². The van der Waals surface area contributed by atoms with Gasteiger partial charge in [-0.25, -0.2) is 9.97 Å². The Morgan fingerprint density at radius 2 is 2.20 bits per heavy atom. The fourth-order valence-corrected chi connectivity index (χ4v) is 5.96. The zero-order chi connectivity index (χ0) is 24.4. The predicted molar refractivity (Wildman–Crippen MR) is 134 cm³/mol. The molecule has 1 aliphatic rings. The van der Waals surface area contributed by atoms with Gasteiger partial charge in [0, 0.05) is 42.4 Å². The van der Waals surface area contributed by atoms with Crippen LogP contribution in [0.4, 0.5) is 11.5 Å². The molecule has 4 aromatic rings. The van der Waals surface area contributed by atoms with Crippen molar-refractivity contribution in [3.05, 3.63) is 35.1 Å². The summed E-state index contributed by atoms with van der Waals surface area (Å²) in [4.78, 5) is 26.0. The fourth-order valence-electron chi connectivity index (χ4n) is 4.69. The summed E-state index contributed by atoms with van der Waals surface area (Å²) < 4.78 is 10.7. The first-order valence-corrected chi connectivity index (χ1v) is 12.4. The molecule has 0 spiro atoms. The molecule has 0 radical (unpaired) electrons. The van der Waals surface area contributed by atoms with E-state index in [0.29, 0.717) is 31.9 Å². The van der Waals surface area contributed by atoms with Gasteiger partial charge in [0.2, 0.25) is 5.91 Å². The lowest BCUT2D eigenvalue weighted by molar-refractivity contribution is -0.137. The van der Waals surface area contributed by atoms with Crippen molar-refractivity contribution in [2.45, 2.75) is 19.3 Å². The Labute approximate surface area is 206 Å². The van der Waals surface area contributed by atoms with Gasteiger partial charge < -0.3 is 24.8 Å². The van der Waals surface area contributed by atoms with Gasteiger partial charge in [-0.2, -0.15) is 5.10 Å². The summed E-state index contributed by atoms with van der Waals surface area (Å²) in [5.41, 5.74) is 2.89. The number of carbonyl (C=O) groups is 1. The number of anilines is 2. The van der Waals surface area contributed by atoms with Crippen LogP contribution in [0.5, 0.6) is 5.75 Å². The summed E-state index contributed by atoms with van der Waals surface area (Å²) in [5, 5.41) is 21.9. The predicted octanol–water partition coefficient (Wildman–Crippen LogP) is 2.89. The number of aliphatic hydroxyl groups excluding tert-OH is 1. The average Bonchev–Trinajstić information content (AvgIpc) is 3.49. The highest BCUT2D eigenvalue weighted by atomic mass is 32.1. The number of hydrogen-bond donors (Lipinski definition) is 3. The van der Waals surface area contributed by atoms with E-state index in [-0.39, 0.29) is 18.4 Å². The number of nitrogens with one attached hydrogen (secondary N) is 2. The summed E-state index contributed by atoms with van der Waals surface area (Å²) >= 11 is 1.62. The number of aromatic amines is 1. The van der Waals surface area contributed by atoms with Crippen molar-refractivity contribution < 1.29 is 19.4 Å². The summed E-state index contributed by atoms with van der Waals surface area (Å²) in [6.45, 7) is 1.19. The minimum Gasteiger partial charge on any atom is -0.494 e. The third kappa shape index (κ3) is 4.54. The number of aryl methyl sites for hydroxylation is 1. The number of aromatic nitrogens is 4. The maximum atomic E-state index is 13.2. The Morgan fingerprint density at radius 1 is 1.31 bits per heavy atom. The fraction of sp³-hybridized carbons (Fsp3) is 0.417. The van der Waals surface area contributed by atoms with Crippen molar-refractivity contribution in [2.75, 3.05) is 45.8 Å². The van der Waals surface area contributed by atoms with Gasteiger partial charge in [-0.3, -0.25) is 9.89 Å². The maximum absolute atomic E-state index is 13.2. The molecule has 0 aliphatic heterocycles. The third-order valence-corrected chi connectivity index (χ3v) is 7.62. The molecule has 184 valence electrons.